The van der Waals surface area contributed by atoms with Crippen molar-refractivity contribution in [3.63, 3.8) is 0 Å². The van der Waals surface area contributed by atoms with Crippen molar-refractivity contribution < 1.29 is 4.74 Å². The molecule has 0 saturated carbocycles. The van der Waals surface area contributed by atoms with Gasteiger partial charge in [0.15, 0.2) is 0 Å². The lowest BCUT2D eigenvalue weighted by molar-refractivity contribution is 0.0596. The van der Waals surface area contributed by atoms with Gasteiger partial charge >= 0.3 is 0 Å². The molecule has 1 aliphatic rings. The molecule has 2 heteroatoms. The van der Waals surface area contributed by atoms with E-state index in [2.05, 4.69) is 72.6 Å². The number of morpholine rings is 1. The van der Waals surface area contributed by atoms with Crippen LogP contribution in [0.2, 0.25) is 0 Å². The Labute approximate surface area is 126 Å². The van der Waals surface area contributed by atoms with Crippen LogP contribution in [-0.2, 0) is 4.74 Å². The molecule has 0 aliphatic carbocycles. The van der Waals surface area contributed by atoms with Gasteiger partial charge in [-0.15, -0.1) is 0 Å². The van der Waals surface area contributed by atoms with E-state index in [1.165, 1.54) is 22.3 Å². The molecule has 0 unspecified atom stereocenters. The molecule has 0 bridgehead atoms. The summed E-state index contributed by atoms with van der Waals surface area (Å²) in [5.74, 6) is 0. The van der Waals surface area contributed by atoms with Gasteiger partial charge in [0.2, 0.25) is 0 Å². The molecule has 2 nitrogen and oxygen atoms in total. The second-order valence-corrected chi connectivity index (χ2v) is 5.42. The van der Waals surface area contributed by atoms with Crippen LogP contribution < -0.4 is 0 Å². The molecule has 0 radical (unpaired) electrons. The Morgan fingerprint density at radius 3 is 2.19 bits per heavy atom. The molecule has 1 saturated heterocycles. The second-order valence-electron chi connectivity index (χ2n) is 5.42. The van der Waals surface area contributed by atoms with Crippen LogP contribution >= 0.6 is 0 Å². The molecule has 1 aliphatic heterocycles. The van der Waals surface area contributed by atoms with E-state index in [1.807, 2.05) is 0 Å². The lowest BCUT2D eigenvalue weighted by Gasteiger charge is -2.26. The fourth-order valence-corrected chi connectivity index (χ4v) is 2.56. The van der Waals surface area contributed by atoms with Gasteiger partial charge < -0.3 is 9.64 Å². The topological polar surface area (TPSA) is 12.5 Å². The first-order valence-corrected chi connectivity index (χ1v) is 7.49. The average molecular weight is 279 g/mol. The second kappa shape index (κ2) is 6.59. The number of rotatable bonds is 3. The van der Waals surface area contributed by atoms with Gasteiger partial charge in [0.25, 0.3) is 0 Å². The Morgan fingerprint density at radius 2 is 1.52 bits per heavy atom. The van der Waals surface area contributed by atoms with Crippen molar-refractivity contribution in [1.29, 1.82) is 0 Å². The molecule has 0 amide bonds. The van der Waals surface area contributed by atoms with Gasteiger partial charge in [0.05, 0.1) is 13.2 Å². The first-order chi connectivity index (χ1) is 10.3. The van der Waals surface area contributed by atoms with Crippen molar-refractivity contribution >= 4 is 5.57 Å². The summed E-state index contributed by atoms with van der Waals surface area (Å²) in [6.45, 7) is 5.67. The van der Waals surface area contributed by atoms with Crippen LogP contribution in [0.4, 0.5) is 0 Å². The highest BCUT2D eigenvalue weighted by atomic mass is 16.5. The lowest BCUT2D eigenvalue weighted by atomic mass is 9.98. The summed E-state index contributed by atoms with van der Waals surface area (Å²) < 4.78 is 5.44. The molecule has 1 heterocycles. The summed E-state index contributed by atoms with van der Waals surface area (Å²) in [7, 11) is 0. The normalized spacial score (nSPS) is 16.0. The molecule has 0 aromatic heterocycles. The molecule has 0 spiro atoms. The standard InChI is InChI=1S/C19H21NO/c1-16-7-9-18(10-8-16)19(17-5-3-2-4-6-17)15-20-11-13-21-14-12-20/h2-10,15H,11-14H2,1H3/b19-15+. The van der Waals surface area contributed by atoms with Crippen molar-refractivity contribution in [3.05, 3.63) is 77.5 Å². The van der Waals surface area contributed by atoms with Crippen LogP contribution in [-0.4, -0.2) is 31.2 Å². The first kappa shape index (κ1) is 13.9. The van der Waals surface area contributed by atoms with Gasteiger partial charge in [-0.25, -0.2) is 0 Å². The lowest BCUT2D eigenvalue weighted by Crippen LogP contribution is -2.32. The van der Waals surface area contributed by atoms with Gasteiger partial charge in [0.1, 0.15) is 0 Å². The van der Waals surface area contributed by atoms with Gasteiger partial charge in [-0.1, -0.05) is 60.2 Å². The molecule has 21 heavy (non-hydrogen) atoms. The quantitative estimate of drug-likeness (QED) is 0.849. The predicted octanol–water partition coefficient (Wildman–Crippen LogP) is 3.72. The third-order valence-corrected chi connectivity index (χ3v) is 3.80. The van der Waals surface area contributed by atoms with E-state index < -0.39 is 0 Å². The maximum absolute atomic E-state index is 5.44. The Hall–Kier alpha value is -2.06. The van der Waals surface area contributed by atoms with Crippen LogP contribution in [0, 0.1) is 6.92 Å². The summed E-state index contributed by atoms with van der Waals surface area (Å²) in [6.07, 6.45) is 2.28. The van der Waals surface area contributed by atoms with Crippen molar-refractivity contribution in [3.8, 4) is 0 Å². The summed E-state index contributed by atoms with van der Waals surface area (Å²) >= 11 is 0. The molecule has 3 rings (SSSR count). The molecule has 2 aromatic carbocycles. The summed E-state index contributed by atoms with van der Waals surface area (Å²) in [4.78, 5) is 2.35. The van der Waals surface area contributed by atoms with Crippen molar-refractivity contribution in [2.45, 2.75) is 6.92 Å². The molecule has 108 valence electrons. The van der Waals surface area contributed by atoms with E-state index in [4.69, 9.17) is 4.74 Å². The highest BCUT2D eigenvalue weighted by Crippen LogP contribution is 2.24. The van der Waals surface area contributed by atoms with Crippen LogP contribution in [0.3, 0.4) is 0 Å². The highest BCUT2D eigenvalue weighted by Gasteiger charge is 2.10. The smallest absolute Gasteiger partial charge is 0.0642 e. The van der Waals surface area contributed by atoms with Gasteiger partial charge in [-0.3, -0.25) is 0 Å². The summed E-state index contributed by atoms with van der Waals surface area (Å²) in [5, 5.41) is 0. The minimum absolute atomic E-state index is 0.812. The summed E-state index contributed by atoms with van der Waals surface area (Å²) in [5.41, 5.74) is 5.08. The Balaban J connectivity index is 1.98. The van der Waals surface area contributed by atoms with E-state index in [-0.39, 0.29) is 0 Å². The van der Waals surface area contributed by atoms with Crippen LogP contribution in [0.15, 0.2) is 60.8 Å². The number of hydrogen-bond acceptors (Lipinski definition) is 2. The fraction of sp³-hybridized carbons (Fsp3) is 0.263. The maximum Gasteiger partial charge on any atom is 0.0642 e. The Morgan fingerprint density at radius 1 is 0.905 bits per heavy atom. The van der Waals surface area contributed by atoms with Crippen molar-refractivity contribution in [2.24, 2.45) is 0 Å². The number of aryl methyl sites for hydroxylation is 1. The van der Waals surface area contributed by atoms with Crippen LogP contribution in [0.25, 0.3) is 5.57 Å². The SMILES string of the molecule is Cc1ccc(/C(=C/N2CCOCC2)c2ccccc2)cc1. The van der Waals surface area contributed by atoms with E-state index in [1.54, 1.807) is 0 Å². The molecular weight excluding hydrogens is 258 g/mol. The monoisotopic (exact) mass is 279 g/mol. The molecule has 0 atom stereocenters. The third kappa shape index (κ3) is 3.53. The van der Waals surface area contributed by atoms with Gasteiger partial charge in [0, 0.05) is 24.9 Å². The predicted molar refractivity (Wildman–Crippen MR) is 87.1 cm³/mol. The van der Waals surface area contributed by atoms with Gasteiger partial charge in [-0.2, -0.15) is 0 Å². The number of benzene rings is 2. The number of nitrogens with zero attached hydrogens (tertiary/aromatic N) is 1. The largest absolute Gasteiger partial charge is 0.378 e. The molecule has 1 fully saturated rings. The summed E-state index contributed by atoms with van der Waals surface area (Å²) in [6, 6.07) is 19.3. The zero-order valence-corrected chi connectivity index (χ0v) is 12.5. The van der Waals surface area contributed by atoms with E-state index in [9.17, 15) is 0 Å². The number of hydrogen-bond donors (Lipinski definition) is 0. The highest BCUT2D eigenvalue weighted by molar-refractivity contribution is 5.79. The first-order valence-electron chi connectivity index (χ1n) is 7.49. The molecular formula is C19H21NO. The maximum atomic E-state index is 5.44. The average Bonchev–Trinajstić information content (AvgIpc) is 2.55. The van der Waals surface area contributed by atoms with E-state index in [0.717, 1.165) is 26.3 Å². The van der Waals surface area contributed by atoms with Gasteiger partial charge in [-0.05, 0) is 18.1 Å². The van der Waals surface area contributed by atoms with Crippen molar-refractivity contribution in [1.82, 2.24) is 4.90 Å². The Bertz CT molecular complexity index is 595. The van der Waals surface area contributed by atoms with E-state index in [0.29, 0.717) is 0 Å². The minimum atomic E-state index is 0.812. The molecule has 2 aromatic rings. The van der Waals surface area contributed by atoms with Crippen molar-refractivity contribution in [2.75, 3.05) is 26.3 Å². The third-order valence-electron chi connectivity index (χ3n) is 3.80. The zero-order chi connectivity index (χ0) is 14.5. The Kier molecular flexibility index (Phi) is 4.37. The van der Waals surface area contributed by atoms with Crippen LogP contribution in [0.1, 0.15) is 16.7 Å². The van der Waals surface area contributed by atoms with E-state index >= 15 is 0 Å². The minimum Gasteiger partial charge on any atom is -0.378 e. The van der Waals surface area contributed by atoms with Crippen LogP contribution in [0.5, 0.6) is 0 Å². The zero-order valence-electron chi connectivity index (χ0n) is 12.5. The number of ether oxygens (including phenoxy) is 1. The fourth-order valence-electron chi connectivity index (χ4n) is 2.56. The molecule has 0 N–H and O–H groups in total.